The minimum atomic E-state index is -0.0676. The van der Waals surface area contributed by atoms with Crippen molar-refractivity contribution < 1.29 is 14.3 Å². The van der Waals surface area contributed by atoms with Gasteiger partial charge in [0.2, 0.25) is 0 Å². The SMILES string of the molecule is C=C(C)COCC(=O)c1cccc(OCC(=C)C)c1. The van der Waals surface area contributed by atoms with E-state index in [0.29, 0.717) is 24.5 Å². The predicted molar refractivity (Wildman–Crippen MR) is 76.7 cm³/mol. The molecule has 0 N–H and O–H groups in total. The van der Waals surface area contributed by atoms with Crippen molar-refractivity contribution in [3.8, 4) is 5.75 Å². The highest BCUT2D eigenvalue weighted by atomic mass is 16.5. The summed E-state index contributed by atoms with van der Waals surface area (Å²) in [5.74, 6) is 0.593. The maximum absolute atomic E-state index is 11.9. The zero-order valence-corrected chi connectivity index (χ0v) is 11.6. The third-order valence-electron chi connectivity index (χ3n) is 2.22. The molecule has 0 unspecified atom stereocenters. The van der Waals surface area contributed by atoms with E-state index in [0.717, 1.165) is 11.1 Å². The Morgan fingerprint density at radius 2 is 1.79 bits per heavy atom. The molecule has 0 aliphatic rings. The Bertz CT molecular complexity index is 475. The second-order valence-corrected chi connectivity index (χ2v) is 4.65. The van der Waals surface area contributed by atoms with Crippen LogP contribution in [0.1, 0.15) is 24.2 Å². The summed E-state index contributed by atoms with van der Waals surface area (Å²) in [6, 6.07) is 7.07. The van der Waals surface area contributed by atoms with Crippen molar-refractivity contribution in [2.45, 2.75) is 13.8 Å². The average molecular weight is 260 g/mol. The number of benzene rings is 1. The number of carbonyl (C=O) groups excluding carboxylic acids is 1. The molecule has 0 amide bonds. The van der Waals surface area contributed by atoms with Gasteiger partial charge in [-0.05, 0) is 31.6 Å². The Hall–Kier alpha value is -1.87. The summed E-state index contributed by atoms with van der Waals surface area (Å²) in [5, 5.41) is 0. The molecule has 0 saturated carbocycles. The zero-order chi connectivity index (χ0) is 14.3. The Balaban J connectivity index is 2.57. The van der Waals surface area contributed by atoms with Crippen molar-refractivity contribution in [3.05, 3.63) is 54.1 Å². The summed E-state index contributed by atoms with van der Waals surface area (Å²) in [7, 11) is 0. The molecule has 1 aromatic carbocycles. The molecule has 102 valence electrons. The fourth-order valence-electron chi connectivity index (χ4n) is 1.37. The molecular weight excluding hydrogens is 240 g/mol. The Labute approximate surface area is 114 Å². The van der Waals surface area contributed by atoms with E-state index in [9.17, 15) is 4.79 Å². The number of hydrogen-bond acceptors (Lipinski definition) is 3. The van der Waals surface area contributed by atoms with Gasteiger partial charge in [-0.3, -0.25) is 4.79 Å². The van der Waals surface area contributed by atoms with E-state index < -0.39 is 0 Å². The first-order valence-corrected chi connectivity index (χ1v) is 6.11. The highest BCUT2D eigenvalue weighted by Gasteiger charge is 2.07. The Morgan fingerprint density at radius 3 is 2.42 bits per heavy atom. The first-order chi connectivity index (χ1) is 8.99. The third-order valence-corrected chi connectivity index (χ3v) is 2.22. The summed E-state index contributed by atoms with van der Waals surface area (Å²) in [6.07, 6.45) is 0. The third kappa shape index (κ3) is 6.02. The molecule has 3 heteroatoms. The van der Waals surface area contributed by atoms with Gasteiger partial charge >= 0.3 is 0 Å². The summed E-state index contributed by atoms with van der Waals surface area (Å²) in [6.45, 7) is 12.1. The summed E-state index contributed by atoms with van der Waals surface area (Å²) < 4.78 is 10.7. The van der Waals surface area contributed by atoms with Crippen molar-refractivity contribution >= 4 is 5.78 Å². The van der Waals surface area contributed by atoms with E-state index in [1.165, 1.54) is 0 Å². The minimum absolute atomic E-state index is 0.0524. The van der Waals surface area contributed by atoms with Gasteiger partial charge < -0.3 is 9.47 Å². The number of rotatable bonds is 8. The molecule has 0 aliphatic carbocycles. The molecule has 3 nitrogen and oxygen atoms in total. The van der Waals surface area contributed by atoms with Gasteiger partial charge in [-0.2, -0.15) is 0 Å². The highest BCUT2D eigenvalue weighted by molar-refractivity contribution is 5.97. The summed E-state index contributed by atoms with van der Waals surface area (Å²) in [5.41, 5.74) is 2.41. The van der Waals surface area contributed by atoms with E-state index in [1.807, 2.05) is 19.9 Å². The molecule has 0 atom stereocenters. The van der Waals surface area contributed by atoms with Crippen LogP contribution in [0.5, 0.6) is 5.75 Å². The molecule has 1 aromatic rings. The largest absolute Gasteiger partial charge is 0.489 e. The highest BCUT2D eigenvalue weighted by Crippen LogP contribution is 2.14. The van der Waals surface area contributed by atoms with E-state index in [-0.39, 0.29) is 12.4 Å². The Kier molecular flexibility index (Phi) is 6.03. The fraction of sp³-hybridized carbons (Fsp3) is 0.312. The second kappa shape index (κ2) is 7.54. The standard InChI is InChI=1S/C16H20O3/c1-12(2)9-18-11-16(17)14-6-5-7-15(8-14)19-10-13(3)4/h5-8H,1,3,9-11H2,2,4H3. The number of carbonyl (C=O) groups is 1. The lowest BCUT2D eigenvalue weighted by atomic mass is 10.1. The fourth-order valence-corrected chi connectivity index (χ4v) is 1.37. The zero-order valence-electron chi connectivity index (χ0n) is 11.6. The van der Waals surface area contributed by atoms with Crippen LogP contribution < -0.4 is 4.74 Å². The van der Waals surface area contributed by atoms with E-state index >= 15 is 0 Å². The van der Waals surface area contributed by atoms with Crippen LogP contribution in [-0.2, 0) is 4.74 Å². The van der Waals surface area contributed by atoms with Gasteiger partial charge in [-0.1, -0.05) is 30.9 Å². The molecule has 0 aliphatic heterocycles. The normalized spacial score (nSPS) is 10.0. The quantitative estimate of drug-likeness (QED) is 0.530. The lowest BCUT2D eigenvalue weighted by Gasteiger charge is -2.08. The molecule has 19 heavy (non-hydrogen) atoms. The van der Waals surface area contributed by atoms with E-state index in [1.54, 1.807) is 18.2 Å². The smallest absolute Gasteiger partial charge is 0.188 e. The number of Topliss-reactive ketones (excluding diaryl/α,β-unsaturated/α-hetero) is 1. The van der Waals surface area contributed by atoms with Gasteiger partial charge in [-0.25, -0.2) is 0 Å². The minimum Gasteiger partial charge on any atom is -0.489 e. The van der Waals surface area contributed by atoms with Crippen molar-refractivity contribution in [1.82, 2.24) is 0 Å². The van der Waals surface area contributed by atoms with Gasteiger partial charge in [0.05, 0.1) is 6.61 Å². The van der Waals surface area contributed by atoms with Crippen LogP contribution in [0.25, 0.3) is 0 Å². The Morgan fingerprint density at radius 1 is 1.11 bits per heavy atom. The molecular formula is C16H20O3. The lowest BCUT2D eigenvalue weighted by molar-refractivity contribution is 0.0798. The first kappa shape index (κ1) is 15.2. The molecule has 0 heterocycles. The number of ether oxygens (including phenoxy) is 2. The molecule has 0 radical (unpaired) electrons. The van der Waals surface area contributed by atoms with Crippen LogP contribution >= 0.6 is 0 Å². The number of ketones is 1. The second-order valence-electron chi connectivity index (χ2n) is 4.65. The maximum Gasteiger partial charge on any atom is 0.188 e. The lowest BCUT2D eigenvalue weighted by Crippen LogP contribution is -2.10. The van der Waals surface area contributed by atoms with Crippen molar-refractivity contribution in [1.29, 1.82) is 0 Å². The summed E-state index contributed by atoms with van der Waals surface area (Å²) >= 11 is 0. The van der Waals surface area contributed by atoms with Crippen LogP contribution in [0.4, 0.5) is 0 Å². The van der Waals surface area contributed by atoms with Crippen molar-refractivity contribution in [3.63, 3.8) is 0 Å². The van der Waals surface area contributed by atoms with Crippen LogP contribution in [0.15, 0.2) is 48.6 Å². The summed E-state index contributed by atoms with van der Waals surface area (Å²) in [4.78, 5) is 11.9. The molecule has 0 bridgehead atoms. The van der Waals surface area contributed by atoms with E-state index in [2.05, 4.69) is 13.2 Å². The predicted octanol–water partition coefficient (Wildman–Crippen LogP) is 3.42. The van der Waals surface area contributed by atoms with Crippen LogP contribution in [-0.4, -0.2) is 25.6 Å². The molecule has 0 fully saturated rings. The van der Waals surface area contributed by atoms with Gasteiger partial charge in [-0.15, -0.1) is 0 Å². The average Bonchev–Trinajstić information content (AvgIpc) is 2.36. The first-order valence-electron chi connectivity index (χ1n) is 6.11. The van der Waals surface area contributed by atoms with Gasteiger partial charge in [0.15, 0.2) is 5.78 Å². The van der Waals surface area contributed by atoms with E-state index in [4.69, 9.17) is 9.47 Å². The van der Waals surface area contributed by atoms with Crippen molar-refractivity contribution in [2.24, 2.45) is 0 Å². The molecule has 0 saturated heterocycles. The number of hydrogen-bond donors (Lipinski definition) is 0. The topological polar surface area (TPSA) is 35.5 Å². The van der Waals surface area contributed by atoms with Crippen LogP contribution in [0, 0.1) is 0 Å². The molecule has 1 rings (SSSR count). The van der Waals surface area contributed by atoms with Gasteiger partial charge in [0.25, 0.3) is 0 Å². The maximum atomic E-state index is 11.9. The van der Waals surface area contributed by atoms with Crippen molar-refractivity contribution in [2.75, 3.05) is 19.8 Å². The van der Waals surface area contributed by atoms with Crippen LogP contribution in [0.2, 0.25) is 0 Å². The van der Waals surface area contributed by atoms with Gasteiger partial charge in [0, 0.05) is 5.56 Å². The molecule has 0 aromatic heterocycles. The van der Waals surface area contributed by atoms with Crippen LogP contribution in [0.3, 0.4) is 0 Å². The monoisotopic (exact) mass is 260 g/mol. The molecule has 0 spiro atoms. The van der Waals surface area contributed by atoms with Gasteiger partial charge in [0.1, 0.15) is 19.0 Å².